The van der Waals surface area contributed by atoms with Crippen LogP contribution in [0.25, 0.3) is 0 Å². The number of pyridine rings is 1. The van der Waals surface area contributed by atoms with Gasteiger partial charge in [0, 0.05) is 23.8 Å². The minimum absolute atomic E-state index is 0.255. The zero-order valence-electron chi connectivity index (χ0n) is 10.1. The first-order chi connectivity index (χ1) is 8.99. The summed E-state index contributed by atoms with van der Waals surface area (Å²) >= 11 is 3.09. The van der Waals surface area contributed by atoms with E-state index in [1.165, 1.54) is 24.5 Å². The number of halogens is 2. The van der Waals surface area contributed by atoms with E-state index < -0.39 is 11.7 Å². The van der Waals surface area contributed by atoms with Gasteiger partial charge in [-0.3, -0.25) is 9.78 Å². The predicted octanol–water partition coefficient (Wildman–Crippen LogP) is 3.13. The highest BCUT2D eigenvalue weighted by Crippen LogP contribution is 2.24. The number of carbonyl (C=O) groups is 1. The number of carbonyl (C=O) groups excluding carboxylic acids is 1. The van der Waals surface area contributed by atoms with Crippen LogP contribution in [0, 0.1) is 12.7 Å². The summed E-state index contributed by atoms with van der Waals surface area (Å²) in [5, 5.41) is 2.62. The second-order valence-electron chi connectivity index (χ2n) is 4.00. The molecule has 1 amide bonds. The molecule has 2 aromatic rings. The Hall–Kier alpha value is -1.95. The van der Waals surface area contributed by atoms with Gasteiger partial charge in [0.1, 0.15) is 5.82 Å². The zero-order valence-corrected chi connectivity index (χ0v) is 11.7. The second-order valence-corrected chi connectivity index (χ2v) is 4.85. The fourth-order valence-electron chi connectivity index (χ4n) is 1.57. The van der Waals surface area contributed by atoms with Gasteiger partial charge >= 0.3 is 0 Å². The lowest BCUT2D eigenvalue weighted by atomic mass is 10.1. The van der Waals surface area contributed by atoms with Crippen molar-refractivity contribution in [3.8, 4) is 0 Å². The number of nitrogens with one attached hydrogen (secondary N) is 1. The van der Waals surface area contributed by atoms with Crippen molar-refractivity contribution in [3.63, 3.8) is 0 Å². The summed E-state index contributed by atoms with van der Waals surface area (Å²) in [6.07, 6.45) is 2.87. The molecule has 0 aliphatic carbocycles. The Morgan fingerprint density at radius 3 is 2.89 bits per heavy atom. The van der Waals surface area contributed by atoms with Crippen LogP contribution in [0.2, 0.25) is 0 Å². The number of aromatic nitrogens is 1. The molecule has 1 aromatic heterocycles. The summed E-state index contributed by atoms with van der Waals surface area (Å²) in [6.45, 7) is 1.77. The SMILES string of the molecule is Cc1cc(Br)c(F)cc1NC(=O)c1cnccc1N. The molecule has 0 atom stereocenters. The highest BCUT2D eigenvalue weighted by molar-refractivity contribution is 9.10. The maximum Gasteiger partial charge on any atom is 0.259 e. The maximum atomic E-state index is 13.5. The first-order valence-corrected chi connectivity index (χ1v) is 6.25. The molecule has 0 aliphatic rings. The van der Waals surface area contributed by atoms with Crippen LogP contribution in [0.15, 0.2) is 35.1 Å². The van der Waals surface area contributed by atoms with Crippen LogP contribution >= 0.6 is 15.9 Å². The van der Waals surface area contributed by atoms with Gasteiger partial charge in [-0.1, -0.05) is 0 Å². The number of nitrogens with two attached hydrogens (primary N) is 1. The largest absolute Gasteiger partial charge is 0.398 e. The van der Waals surface area contributed by atoms with Crippen molar-refractivity contribution in [1.82, 2.24) is 4.98 Å². The summed E-state index contributed by atoms with van der Waals surface area (Å²) in [5.74, 6) is -0.865. The fourth-order valence-corrected chi connectivity index (χ4v) is 2.02. The molecule has 0 aliphatic heterocycles. The van der Waals surface area contributed by atoms with Gasteiger partial charge in [-0.15, -0.1) is 0 Å². The molecular weight excluding hydrogens is 313 g/mol. The maximum absolute atomic E-state index is 13.5. The van der Waals surface area contributed by atoms with Crippen LogP contribution in [0.5, 0.6) is 0 Å². The van der Waals surface area contributed by atoms with Crippen LogP contribution in [-0.4, -0.2) is 10.9 Å². The summed E-state index contributed by atoms with van der Waals surface area (Å²) in [5.41, 5.74) is 7.40. The Morgan fingerprint density at radius 1 is 1.47 bits per heavy atom. The van der Waals surface area contributed by atoms with Crippen molar-refractivity contribution in [2.75, 3.05) is 11.1 Å². The normalized spacial score (nSPS) is 10.3. The number of nitrogen functional groups attached to an aromatic ring is 1. The van der Waals surface area contributed by atoms with Gasteiger partial charge in [0.2, 0.25) is 0 Å². The average molecular weight is 324 g/mol. The fraction of sp³-hybridized carbons (Fsp3) is 0.0769. The molecule has 0 fully saturated rings. The van der Waals surface area contributed by atoms with E-state index in [1.54, 1.807) is 13.0 Å². The van der Waals surface area contributed by atoms with Crippen molar-refractivity contribution < 1.29 is 9.18 Å². The smallest absolute Gasteiger partial charge is 0.259 e. The average Bonchev–Trinajstić information content (AvgIpc) is 2.36. The van der Waals surface area contributed by atoms with E-state index in [0.717, 1.165) is 5.56 Å². The summed E-state index contributed by atoms with van der Waals surface area (Å²) in [6, 6.07) is 4.38. The summed E-state index contributed by atoms with van der Waals surface area (Å²) < 4.78 is 13.8. The van der Waals surface area contributed by atoms with E-state index in [-0.39, 0.29) is 5.56 Å². The van der Waals surface area contributed by atoms with E-state index in [1.807, 2.05) is 0 Å². The molecular formula is C13H11BrFN3O. The molecule has 3 N–H and O–H groups in total. The van der Waals surface area contributed by atoms with Gasteiger partial charge in [0.25, 0.3) is 5.91 Å². The quantitative estimate of drug-likeness (QED) is 0.892. The second kappa shape index (κ2) is 5.36. The number of hydrogen-bond acceptors (Lipinski definition) is 3. The summed E-state index contributed by atoms with van der Waals surface area (Å²) in [7, 11) is 0. The van der Waals surface area contributed by atoms with Crippen LogP contribution in [-0.2, 0) is 0 Å². The highest BCUT2D eigenvalue weighted by Gasteiger charge is 2.12. The number of benzene rings is 1. The standard InChI is InChI=1S/C13H11BrFN3O/c1-7-4-9(14)10(15)5-12(7)18-13(19)8-6-17-3-2-11(8)16/h2-6H,1H3,(H2,16,17)(H,18,19). The molecule has 98 valence electrons. The van der Waals surface area contributed by atoms with Gasteiger partial charge in [0.05, 0.1) is 10.0 Å². The molecule has 0 saturated carbocycles. The lowest BCUT2D eigenvalue weighted by Gasteiger charge is -2.10. The third kappa shape index (κ3) is 2.90. The molecule has 1 aromatic carbocycles. The monoisotopic (exact) mass is 323 g/mol. The first-order valence-electron chi connectivity index (χ1n) is 5.45. The van der Waals surface area contributed by atoms with E-state index in [0.29, 0.717) is 15.8 Å². The summed E-state index contributed by atoms with van der Waals surface area (Å²) in [4.78, 5) is 15.9. The Labute approximate surface area is 118 Å². The van der Waals surface area contributed by atoms with Gasteiger partial charge in [0.15, 0.2) is 0 Å². The number of hydrogen-bond donors (Lipinski definition) is 2. The molecule has 1 heterocycles. The molecule has 2 rings (SSSR count). The van der Waals surface area contributed by atoms with Crippen molar-refractivity contribution in [1.29, 1.82) is 0 Å². The van der Waals surface area contributed by atoms with Gasteiger partial charge in [-0.2, -0.15) is 0 Å². The lowest BCUT2D eigenvalue weighted by Crippen LogP contribution is -2.15. The van der Waals surface area contributed by atoms with Crippen LogP contribution < -0.4 is 11.1 Å². The molecule has 0 radical (unpaired) electrons. The zero-order chi connectivity index (χ0) is 14.0. The minimum atomic E-state index is -0.444. The lowest BCUT2D eigenvalue weighted by molar-refractivity contribution is 0.102. The number of amides is 1. The van der Waals surface area contributed by atoms with Crippen LogP contribution in [0.1, 0.15) is 15.9 Å². The molecule has 0 unspecified atom stereocenters. The predicted molar refractivity (Wildman–Crippen MR) is 75.4 cm³/mol. The van der Waals surface area contributed by atoms with Gasteiger partial charge in [-0.05, 0) is 46.6 Å². The van der Waals surface area contributed by atoms with E-state index in [9.17, 15) is 9.18 Å². The number of anilines is 2. The topological polar surface area (TPSA) is 68.0 Å². The molecule has 19 heavy (non-hydrogen) atoms. The van der Waals surface area contributed by atoms with Crippen LogP contribution in [0.4, 0.5) is 15.8 Å². The van der Waals surface area contributed by atoms with Crippen molar-refractivity contribution in [2.45, 2.75) is 6.92 Å². The first kappa shape index (κ1) is 13.5. The van der Waals surface area contributed by atoms with Crippen molar-refractivity contribution in [2.24, 2.45) is 0 Å². The van der Waals surface area contributed by atoms with Gasteiger partial charge < -0.3 is 11.1 Å². The molecule has 4 nitrogen and oxygen atoms in total. The van der Waals surface area contributed by atoms with E-state index in [4.69, 9.17) is 5.73 Å². The van der Waals surface area contributed by atoms with Crippen molar-refractivity contribution in [3.05, 3.63) is 52.0 Å². The Balaban J connectivity index is 2.30. The highest BCUT2D eigenvalue weighted by atomic mass is 79.9. The number of nitrogens with zero attached hydrogens (tertiary/aromatic N) is 1. The molecule has 6 heteroatoms. The third-order valence-electron chi connectivity index (χ3n) is 2.61. The Morgan fingerprint density at radius 2 is 2.21 bits per heavy atom. The Bertz CT molecular complexity index is 646. The third-order valence-corrected chi connectivity index (χ3v) is 3.22. The Kier molecular flexibility index (Phi) is 3.80. The van der Waals surface area contributed by atoms with Crippen LogP contribution in [0.3, 0.4) is 0 Å². The minimum Gasteiger partial charge on any atom is -0.398 e. The molecule has 0 spiro atoms. The van der Waals surface area contributed by atoms with E-state index in [2.05, 4.69) is 26.2 Å². The number of rotatable bonds is 2. The van der Waals surface area contributed by atoms with Gasteiger partial charge in [-0.25, -0.2) is 4.39 Å². The molecule has 0 bridgehead atoms. The molecule has 0 saturated heterocycles. The number of aryl methyl sites for hydroxylation is 1. The van der Waals surface area contributed by atoms with Crippen molar-refractivity contribution >= 4 is 33.2 Å². The van der Waals surface area contributed by atoms with E-state index >= 15 is 0 Å².